The maximum absolute atomic E-state index is 12.6. The van der Waals surface area contributed by atoms with Crippen molar-refractivity contribution in [2.45, 2.75) is 24.8 Å². The highest BCUT2D eigenvalue weighted by molar-refractivity contribution is 7.87. The lowest BCUT2D eigenvalue weighted by molar-refractivity contribution is -0.137. The van der Waals surface area contributed by atoms with Crippen LogP contribution in [0.2, 0.25) is 0 Å². The van der Waals surface area contributed by atoms with E-state index in [0.29, 0.717) is 12.8 Å². The fourth-order valence-corrected chi connectivity index (χ4v) is 3.13. The second kappa shape index (κ2) is 7.94. The molecule has 142 valence electrons. The highest BCUT2D eigenvalue weighted by Gasteiger charge is 2.49. The van der Waals surface area contributed by atoms with Gasteiger partial charge < -0.3 is 8.92 Å². The van der Waals surface area contributed by atoms with Gasteiger partial charge in [0.2, 0.25) is 0 Å². The summed E-state index contributed by atoms with van der Waals surface area (Å²) in [6.45, 7) is 0. The van der Waals surface area contributed by atoms with Gasteiger partial charge in [-0.1, -0.05) is 42.5 Å². The third kappa shape index (κ3) is 4.66. The van der Waals surface area contributed by atoms with Crippen molar-refractivity contribution in [3.8, 4) is 0 Å². The van der Waals surface area contributed by atoms with E-state index < -0.39 is 33.3 Å². The molecule has 0 aromatic heterocycles. The molecule has 0 aliphatic heterocycles. The van der Waals surface area contributed by atoms with Gasteiger partial charge in [0.15, 0.2) is 0 Å². The van der Waals surface area contributed by atoms with Crippen LogP contribution in [0.3, 0.4) is 0 Å². The molecule has 26 heavy (non-hydrogen) atoms. The van der Waals surface area contributed by atoms with E-state index in [1.54, 1.807) is 12.2 Å². The van der Waals surface area contributed by atoms with Crippen LogP contribution in [0.5, 0.6) is 0 Å². The number of halogens is 3. The lowest BCUT2D eigenvalue weighted by Gasteiger charge is -2.24. The second-order valence-corrected chi connectivity index (χ2v) is 7.12. The van der Waals surface area contributed by atoms with Crippen LogP contribution >= 0.6 is 0 Å². The third-order valence-corrected chi connectivity index (χ3v) is 4.80. The van der Waals surface area contributed by atoms with Crippen molar-refractivity contribution >= 4 is 22.2 Å². The molecular weight excluding hydrogens is 373 g/mol. The molecule has 9 heteroatoms. The van der Waals surface area contributed by atoms with E-state index in [-0.39, 0.29) is 12.0 Å². The van der Waals surface area contributed by atoms with Gasteiger partial charge in [0.05, 0.1) is 12.7 Å². The molecule has 0 heterocycles. The fraction of sp³-hybridized carbons (Fsp3) is 0.353. The molecule has 5 nitrogen and oxygen atoms in total. The van der Waals surface area contributed by atoms with Crippen LogP contribution in [0.4, 0.5) is 13.2 Å². The van der Waals surface area contributed by atoms with E-state index in [1.165, 1.54) is 0 Å². The Morgan fingerprint density at radius 1 is 1.23 bits per heavy atom. The Kier molecular flexibility index (Phi) is 6.12. The van der Waals surface area contributed by atoms with Gasteiger partial charge in [-0.2, -0.15) is 21.6 Å². The summed E-state index contributed by atoms with van der Waals surface area (Å²) in [5.74, 6) is -2.06. The van der Waals surface area contributed by atoms with Gasteiger partial charge >= 0.3 is 21.6 Å². The van der Waals surface area contributed by atoms with Crippen LogP contribution in [0.25, 0.3) is 6.08 Å². The molecule has 0 amide bonds. The average molecular weight is 390 g/mol. The van der Waals surface area contributed by atoms with Gasteiger partial charge in [-0.3, -0.25) is 0 Å². The van der Waals surface area contributed by atoms with Gasteiger partial charge in [0, 0.05) is 12.3 Å². The lowest BCUT2D eigenvalue weighted by atomic mass is 9.86. The summed E-state index contributed by atoms with van der Waals surface area (Å²) < 4.78 is 69.3. The molecule has 1 aromatic rings. The number of carbonyl (C=O) groups is 1. The topological polar surface area (TPSA) is 69.7 Å². The number of ether oxygens (including phenoxy) is 1. The maximum Gasteiger partial charge on any atom is 0.534 e. The predicted molar refractivity (Wildman–Crippen MR) is 87.9 cm³/mol. The Bertz CT molecular complexity index is 811. The van der Waals surface area contributed by atoms with E-state index in [4.69, 9.17) is 0 Å². The Labute approximate surface area is 149 Å². The maximum atomic E-state index is 12.6. The Morgan fingerprint density at radius 2 is 1.88 bits per heavy atom. The standard InChI is InChI=1S/C17H17F3O5S/c1-24-16(21)15-13(11-10-12-6-3-2-4-7-12)8-5-9-14(15)25-26(22,23)17(18,19)20/h2-4,6-7,10-11,13H,5,8-9H2,1H3/b11-10+. The van der Waals surface area contributed by atoms with E-state index in [0.717, 1.165) is 12.7 Å². The predicted octanol–water partition coefficient (Wildman–Crippen LogP) is 3.79. The first-order valence-electron chi connectivity index (χ1n) is 7.71. The molecule has 1 aromatic carbocycles. The number of alkyl halides is 3. The number of rotatable bonds is 5. The Hall–Kier alpha value is -2.29. The molecule has 0 N–H and O–H groups in total. The monoisotopic (exact) mass is 390 g/mol. The largest absolute Gasteiger partial charge is 0.534 e. The number of hydrogen-bond acceptors (Lipinski definition) is 5. The SMILES string of the molecule is COC(=O)C1=C(OS(=O)(=O)C(F)(F)F)CCCC1/C=C/c1ccccc1. The van der Waals surface area contributed by atoms with Gasteiger partial charge in [-0.15, -0.1) is 0 Å². The molecule has 0 saturated heterocycles. The van der Waals surface area contributed by atoms with Crippen LogP contribution in [-0.2, 0) is 23.8 Å². The molecular formula is C17H17F3O5S. The van der Waals surface area contributed by atoms with Gasteiger partial charge in [-0.25, -0.2) is 4.79 Å². The Balaban J connectivity index is 2.39. The summed E-state index contributed by atoms with van der Waals surface area (Å²) in [6.07, 6.45) is 4.05. The summed E-state index contributed by atoms with van der Waals surface area (Å²) in [6, 6.07) is 9.06. The third-order valence-electron chi connectivity index (χ3n) is 3.81. The van der Waals surface area contributed by atoms with Crippen LogP contribution in [0.15, 0.2) is 47.7 Å². The van der Waals surface area contributed by atoms with Crippen molar-refractivity contribution in [1.29, 1.82) is 0 Å². The van der Waals surface area contributed by atoms with Gasteiger partial charge in [0.1, 0.15) is 5.76 Å². The molecule has 0 saturated carbocycles. The zero-order valence-electron chi connectivity index (χ0n) is 13.8. The molecule has 0 spiro atoms. The fourth-order valence-electron chi connectivity index (χ4n) is 2.59. The van der Waals surface area contributed by atoms with Crippen molar-refractivity contribution in [3.05, 3.63) is 53.3 Å². The van der Waals surface area contributed by atoms with E-state index in [1.807, 2.05) is 30.3 Å². The lowest BCUT2D eigenvalue weighted by Crippen LogP contribution is -2.28. The molecule has 0 fully saturated rings. The smallest absolute Gasteiger partial charge is 0.466 e. The zero-order valence-corrected chi connectivity index (χ0v) is 14.6. The minimum Gasteiger partial charge on any atom is -0.466 e. The molecule has 0 bridgehead atoms. The average Bonchev–Trinajstić information content (AvgIpc) is 2.59. The molecule has 1 aliphatic rings. The number of allylic oxidation sites excluding steroid dienone is 2. The van der Waals surface area contributed by atoms with Crippen molar-refractivity contribution in [2.75, 3.05) is 7.11 Å². The number of methoxy groups -OCH3 is 1. The van der Waals surface area contributed by atoms with E-state index in [2.05, 4.69) is 8.92 Å². The first-order chi connectivity index (χ1) is 12.2. The van der Waals surface area contributed by atoms with Crippen LogP contribution in [-0.4, -0.2) is 27.0 Å². The minimum atomic E-state index is -5.85. The number of hydrogen-bond donors (Lipinski definition) is 0. The van der Waals surface area contributed by atoms with Crippen molar-refractivity contribution < 1.29 is 35.3 Å². The summed E-state index contributed by atoms with van der Waals surface area (Å²) >= 11 is 0. The molecule has 2 rings (SSSR count). The summed E-state index contributed by atoms with van der Waals surface area (Å²) in [5, 5.41) is 0. The van der Waals surface area contributed by atoms with Crippen LogP contribution in [0.1, 0.15) is 24.8 Å². The summed E-state index contributed by atoms with van der Waals surface area (Å²) in [7, 11) is -4.79. The second-order valence-electron chi connectivity index (χ2n) is 5.58. The van der Waals surface area contributed by atoms with Crippen LogP contribution < -0.4 is 0 Å². The zero-order chi connectivity index (χ0) is 19.4. The summed E-state index contributed by atoms with van der Waals surface area (Å²) in [4.78, 5) is 12.1. The van der Waals surface area contributed by atoms with E-state index >= 15 is 0 Å². The molecule has 0 radical (unpaired) electrons. The normalized spacial score (nSPS) is 18.8. The first kappa shape index (κ1) is 20.0. The van der Waals surface area contributed by atoms with Crippen molar-refractivity contribution in [1.82, 2.24) is 0 Å². The van der Waals surface area contributed by atoms with Crippen molar-refractivity contribution in [2.24, 2.45) is 5.92 Å². The van der Waals surface area contributed by atoms with Crippen molar-refractivity contribution in [3.63, 3.8) is 0 Å². The quantitative estimate of drug-likeness (QED) is 0.435. The van der Waals surface area contributed by atoms with E-state index in [9.17, 15) is 26.4 Å². The van der Waals surface area contributed by atoms with Gasteiger partial charge in [0.25, 0.3) is 0 Å². The molecule has 1 atom stereocenters. The number of carbonyl (C=O) groups excluding carboxylic acids is 1. The van der Waals surface area contributed by atoms with Crippen LogP contribution in [0, 0.1) is 5.92 Å². The summed E-state index contributed by atoms with van der Waals surface area (Å²) in [5.41, 5.74) is -4.96. The van der Waals surface area contributed by atoms with Gasteiger partial charge in [-0.05, 0) is 18.4 Å². The molecule has 1 unspecified atom stereocenters. The highest BCUT2D eigenvalue weighted by atomic mass is 32.2. The minimum absolute atomic E-state index is 0.102. The first-order valence-corrected chi connectivity index (χ1v) is 9.12. The number of esters is 1. The number of benzene rings is 1. The Morgan fingerprint density at radius 3 is 2.46 bits per heavy atom. The molecule has 1 aliphatic carbocycles. The highest BCUT2D eigenvalue weighted by Crippen LogP contribution is 2.36.